The van der Waals surface area contributed by atoms with Crippen LogP contribution in [0.1, 0.15) is 22.2 Å². The number of rotatable bonds is 4. The van der Waals surface area contributed by atoms with Crippen LogP contribution in [0.15, 0.2) is 18.2 Å². The van der Waals surface area contributed by atoms with E-state index in [1.807, 2.05) is 20.0 Å². The largest absolute Gasteiger partial charge is 0.494 e. The smallest absolute Gasteiger partial charge is 0.165 e. The van der Waals surface area contributed by atoms with Crippen LogP contribution in [0.25, 0.3) is 0 Å². The van der Waals surface area contributed by atoms with Crippen LogP contribution in [0.5, 0.6) is 5.75 Å². The first-order chi connectivity index (χ1) is 8.67. The number of halogens is 1. The molecule has 0 amide bonds. The van der Waals surface area contributed by atoms with Gasteiger partial charge in [-0.05, 0) is 43.2 Å². The molecule has 0 saturated heterocycles. The van der Waals surface area contributed by atoms with E-state index in [2.05, 4.69) is 14.9 Å². The lowest BCUT2D eigenvalue weighted by molar-refractivity contribution is 0.386. The lowest BCUT2D eigenvalue weighted by atomic mass is 10.0. The first-order valence-electron chi connectivity index (χ1n) is 5.47. The molecule has 1 atom stereocenters. The minimum absolute atomic E-state index is 0.106. The number of methoxy groups -OCH3 is 1. The molecule has 0 aliphatic carbocycles. The van der Waals surface area contributed by atoms with Crippen molar-refractivity contribution in [3.05, 3.63) is 40.2 Å². The van der Waals surface area contributed by atoms with Gasteiger partial charge >= 0.3 is 0 Å². The molecular formula is C12H14FN3OS. The van der Waals surface area contributed by atoms with Crippen LogP contribution in [0.4, 0.5) is 4.39 Å². The second-order valence-corrected chi connectivity index (χ2v) is 4.62. The number of ether oxygens (including phenoxy) is 1. The van der Waals surface area contributed by atoms with Crippen molar-refractivity contribution in [3.63, 3.8) is 0 Å². The Hall–Kier alpha value is -1.53. The van der Waals surface area contributed by atoms with Crippen molar-refractivity contribution in [1.29, 1.82) is 0 Å². The van der Waals surface area contributed by atoms with Gasteiger partial charge in [-0.3, -0.25) is 0 Å². The highest BCUT2D eigenvalue weighted by Gasteiger charge is 2.19. The van der Waals surface area contributed by atoms with E-state index in [0.717, 1.165) is 16.1 Å². The molecule has 2 aromatic rings. The average Bonchev–Trinajstić information content (AvgIpc) is 2.77. The van der Waals surface area contributed by atoms with E-state index in [1.54, 1.807) is 6.07 Å². The number of nitrogens with zero attached hydrogens (tertiary/aromatic N) is 2. The molecule has 0 saturated carbocycles. The van der Waals surface area contributed by atoms with Crippen LogP contribution in [-0.2, 0) is 0 Å². The summed E-state index contributed by atoms with van der Waals surface area (Å²) >= 11 is 1.32. The molecule has 0 bridgehead atoms. The predicted molar refractivity (Wildman–Crippen MR) is 68.5 cm³/mol. The fraction of sp³-hybridized carbons (Fsp3) is 0.333. The maximum atomic E-state index is 13.7. The van der Waals surface area contributed by atoms with Crippen LogP contribution < -0.4 is 10.1 Å². The number of hydrogen-bond donors (Lipinski definition) is 1. The van der Waals surface area contributed by atoms with E-state index in [9.17, 15) is 4.39 Å². The quantitative estimate of drug-likeness (QED) is 0.923. The summed E-state index contributed by atoms with van der Waals surface area (Å²) in [6.45, 7) is 1.89. The minimum atomic E-state index is -0.370. The van der Waals surface area contributed by atoms with Crippen molar-refractivity contribution >= 4 is 11.5 Å². The Morgan fingerprint density at radius 3 is 2.72 bits per heavy atom. The number of nitrogens with one attached hydrogen (secondary N) is 1. The summed E-state index contributed by atoms with van der Waals surface area (Å²) in [4.78, 5) is 0.988. The number of aromatic nitrogens is 2. The monoisotopic (exact) mass is 267 g/mol. The third-order valence-electron chi connectivity index (χ3n) is 2.75. The Kier molecular flexibility index (Phi) is 3.88. The minimum Gasteiger partial charge on any atom is -0.494 e. The van der Waals surface area contributed by atoms with Gasteiger partial charge in [-0.1, -0.05) is 10.6 Å². The van der Waals surface area contributed by atoms with Gasteiger partial charge in [-0.2, -0.15) is 0 Å². The summed E-state index contributed by atoms with van der Waals surface area (Å²) in [5, 5.41) is 7.13. The van der Waals surface area contributed by atoms with Gasteiger partial charge in [0, 0.05) is 0 Å². The second kappa shape index (κ2) is 5.41. The summed E-state index contributed by atoms with van der Waals surface area (Å²) in [5.41, 5.74) is 1.68. The predicted octanol–water partition coefficient (Wildman–Crippen LogP) is 2.30. The molecule has 2 rings (SSSR count). The van der Waals surface area contributed by atoms with Crippen molar-refractivity contribution in [2.45, 2.75) is 13.0 Å². The molecule has 1 unspecified atom stereocenters. The Morgan fingerprint density at radius 1 is 1.44 bits per heavy atom. The van der Waals surface area contributed by atoms with Gasteiger partial charge in [0.1, 0.15) is 0 Å². The van der Waals surface area contributed by atoms with E-state index in [0.29, 0.717) is 0 Å². The van der Waals surface area contributed by atoms with Gasteiger partial charge in [-0.25, -0.2) is 4.39 Å². The number of benzene rings is 1. The summed E-state index contributed by atoms with van der Waals surface area (Å²) in [5.74, 6) is -0.127. The van der Waals surface area contributed by atoms with Crippen LogP contribution in [0.2, 0.25) is 0 Å². The zero-order valence-corrected chi connectivity index (χ0v) is 11.2. The molecule has 0 aliphatic rings. The highest BCUT2D eigenvalue weighted by atomic mass is 32.1. The summed E-state index contributed by atoms with van der Waals surface area (Å²) in [7, 11) is 3.27. The molecule has 1 aromatic carbocycles. The molecule has 0 aliphatic heterocycles. The van der Waals surface area contributed by atoms with E-state index < -0.39 is 0 Å². The first-order valence-corrected chi connectivity index (χ1v) is 6.24. The average molecular weight is 267 g/mol. The summed E-state index contributed by atoms with van der Waals surface area (Å²) in [6, 6.07) is 4.82. The van der Waals surface area contributed by atoms with Crippen LogP contribution >= 0.6 is 11.5 Å². The molecule has 6 heteroatoms. The normalized spacial score (nSPS) is 12.4. The van der Waals surface area contributed by atoms with E-state index in [-0.39, 0.29) is 17.6 Å². The van der Waals surface area contributed by atoms with E-state index in [4.69, 9.17) is 4.74 Å². The highest BCUT2D eigenvalue weighted by Crippen LogP contribution is 2.29. The highest BCUT2D eigenvalue weighted by molar-refractivity contribution is 7.05. The van der Waals surface area contributed by atoms with Gasteiger partial charge in [0.05, 0.1) is 23.7 Å². The van der Waals surface area contributed by atoms with Crippen LogP contribution in [-0.4, -0.2) is 23.7 Å². The van der Waals surface area contributed by atoms with Gasteiger partial charge in [0.15, 0.2) is 11.6 Å². The van der Waals surface area contributed by atoms with Crippen molar-refractivity contribution in [2.24, 2.45) is 0 Å². The molecule has 18 heavy (non-hydrogen) atoms. The Bertz CT molecular complexity index is 544. The lowest BCUT2D eigenvalue weighted by Crippen LogP contribution is -2.17. The SMILES string of the molecule is CNC(c1ccc(OC)c(F)c1)c1snnc1C. The summed E-state index contributed by atoms with van der Waals surface area (Å²) < 4.78 is 22.5. The molecule has 0 radical (unpaired) electrons. The Balaban J connectivity index is 2.40. The second-order valence-electron chi connectivity index (χ2n) is 3.84. The molecule has 96 valence electrons. The topological polar surface area (TPSA) is 47.0 Å². The lowest BCUT2D eigenvalue weighted by Gasteiger charge is -2.15. The molecule has 1 heterocycles. The third-order valence-corrected chi connectivity index (χ3v) is 3.64. The first kappa shape index (κ1) is 12.9. The number of hydrogen-bond acceptors (Lipinski definition) is 5. The summed E-state index contributed by atoms with van der Waals surface area (Å²) in [6.07, 6.45) is 0. The third kappa shape index (κ3) is 2.34. The molecule has 1 N–H and O–H groups in total. The van der Waals surface area contributed by atoms with Gasteiger partial charge in [0.25, 0.3) is 0 Å². The van der Waals surface area contributed by atoms with Gasteiger partial charge in [-0.15, -0.1) is 5.10 Å². The van der Waals surface area contributed by atoms with Crippen LogP contribution in [0, 0.1) is 12.7 Å². The standard InChI is InChI=1S/C12H14FN3OS/c1-7-12(18-16-15-7)11(14-2)8-4-5-10(17-3)9(13)6-8/h4-6,11,14H,1-3H3. The zero-order chi connectivity index (χ0) is 13.1. The maximum absolute atomic E-state index is 13.7. The molecule has 0 fully saturated rings. The van der Waals surface area contributed by atoms with E-state index in [1.165, 1.54) is 24.7 Å². The Morgan fingerprint density at radius 2 is 2.22 bits per heavy atom. The van der Waals surface area contributed by atoms with E-state index >= 15 is 0 Å². The molecule has 0 spiro atoms. The van der Waals surface area contributed by atoms with Crippen molar-refractivity contribution in [1.82, 2.24) is 14.9 Å². The fourth-order valence-electron chi connectivity index (χ4n) is 1.81. The molecule has 1 aromatic heterocycles. The van der Waals surface area contributed by atoms with Gasteiger partial charge < -0.3 is 10.1 Å². The zero-order valence-electron chi connectivity index (χ0n) is 10.4. The van der Waals surface area contributed by atoms with Gasteiger partial charge in [0.2, 0.25) is 0 Å². The molecular weight excluding hydrogens is 253 g/mol. The maximum Gasteiger partial charge on any atom is 0.165 e. The number of aryl methyl sites for hydroxylation is 1. The van der Waals surface area contributed by atoms with Crippen LogP contribution in [0.3, 0.4) is 0 Å². The molecule has 4 nitrogen and oxygen atoms in total. The van der Waals surface area contributed by atoms with Crippen molar-refractivity contribution in [3.8, 4) is 5.75 Å². The fourth-order valence-corrected chi connectivity index (χ4v) is 2.60. The van der Waals surface area contributed by atoms with Crippen molar-refractivity contribution in [2.75, 3.05) is 14.2 Å². The Labute approximate surface area is 109 Å². The van der Waals surface area contributed by atoms with Crippen molar-refractivity contribution < 1.29 is 9.13 Å².